The lowest BCUT2D eigenvalue weighted by Gasteiger charge is -2.04. The summed E-state index contributed by atoms with van der Waals surface area (Å²) < 4.78 is 0. The molecule has 1 N–H and O–H groups in total. The van der Waals surface area contributed by atoms with E-state index in [-0.39, 0.29) is 21.8 Å². The molecule has 0 aliphatic heterocycles. The van der Waals surface area contributed by atoms with E-state index >= 15 is 0 Å². The van der Waals surface area contributed by atoms with Gasteiger partial charge in [0, 0.05) is 24.5 Å². The minimum atomic E-state index is -0.326. The molecule has 2 rings (SSSR count). The Morgan fingerprint density at radius 3 is 2.94 bits per heavy atom. The van der Waals surface area contributed by atoms with Gasteiger partial charge in [-0.05, 0) is 6.07 Å². The van der Waals surface area contributed by atoms with Crippen LogP contribution in [0.3, 0.4) is 0 Å². The highest BCUT2D eigenvalue weighted by Gasteiger charge is 2.12. The van der Waals surface area contributed by atoms with Crippen molar-refractivity contribution in [3.63, 3.8) is 0 Å². The van der Waals surface area contributed by atoms with Crippen molar-refractivity contribution in [1.82, 2.24) is 20.5 Å². The van der Waals surface area contributed by atoms with E-state index in [1.165, 1.54) is 6.07 Å². The Hall–Kier alpha value is -1.24. The van der Waals surface area contributed by atoms with Crippen molar-refractivity contribution in [2.45, 2.75) is 6.42 Å². The van der Waals surface area contributed by atoms with Crippen LogP contribution in [0.2, 0.25) is 10.3 Å². The Balaban J connectivity index is 1.93. The molecule has 94 valence electrons. The summed E-state index contributed by atoms with van der Waals surface area (Å²) in [6, 6.07) is 1.38. The quantitative estimate of drug-likeness (QED) is 0.940. The van der Waals surface area contributed by atoms with Crippen LogP contribution in [0.4, 0.5) is 0 Å². The zero-order chi connectivity index (χ0) is 13.0. The Morgan fingerprint density at radius 1 is 1.39 bits per heavy atom. The fourth-order valence-electron chi connectivity index (χ4n) is 1.27. The molecular formula is C10H8Cl2N4OS. The van der Waals surface area contributed by atoms with Crippen LogP contribution in [0.1, 0.15) is 15.4 Å². The average molecular weight is 303 g/mol. The monoisotopic (exact) mass is 302 g/mol. The van der Waals surface area contributed by atoms with Gasteiger partial charge in [-0.3, -0.25) is 4.79 Å². The first-order valence-electron chi connectivity index (χ1n) is 5.02. The predicted molar refractivity (Wildman–Crippen MR) is 70.2 cm³/mol. The molecule has 0 radical (unpaired) electrons. The van der Waals surface area contributed by atoms with Crippen molar-refractivity contribution in [3.05, 3.63) is 38.5 Å². The van der Waals surface area contributed by atoms with Crippen LogP contribution in [0, 0.1) is 0 Å². The van der Waals surface area contributed by atoms with Gasteiger partial charge in [0.15, 0.2) is 10.3 Å². The minimum Gasteiger partial charge on any atom is -0.352 e. The average Bonchev–Trinajstić information content (AvgIpc) is 2.85. The lowest BCUT2D eigenvalue weighted by molar-refractivity contribution is 0.0953. The molecule has 0 bridgehead atoms. The molecule has 0 atom stereocenters. The van der Waals surface area contributed by atoms with E-state index < -0.39 is 0 Å². The highest BCUT2D eigenvalue weighted by molar-refractivity contribution is 7.09. The summed E-state index contributed by atoms with van der Waals surface area (Å²) in [5.74, 6) is -0.326. The summed E-state index contributed by atoms with van der Waals surface area (Å²) in [7, 11) is 0. The summed E-state index contributed by atoms with van der Waals surface area (Å²) in [6.07, 6.45) is 2.40. The van der Waals surface area contributed by atoms with Gasteiger partial charge in [0.1, 0.15) is 0 Å². The van der Waals surface area contributed by atoms with E-state index in [0.29, 0.717) is 13.0 Å². The third-order valence-electron chi connectivity index (χ3n) is 2.07. The number of nitrogens with one attached hydrogen (secondary N) is 1. The predicted octanol–water partition coefficient (Wildman–Crippen LogP) is 2.21. The number of halogens is 2. The third kappa shape index (κ3) is 3.38. The SMILES string of the molecule is O=C(NCCc1nccs1)c1cc(Cl)nnc1Cl. The van der Waals surface area contributed by atoms with Gasteiger partial charge in [0.2, 0.25) is 0 Å². The molecule has 0 unspecified atom stereocenters. The largest absolute Gasteiger partial charge is 0.352 e. The molecule has 0 aliphatic carbocycles. The lowest BCUT2D eigenvalue weighted by Crippen LogP contribution is -2.26. The number of nitrogens with zero attached hydrogens (tertiary/aromatic N) is 3. The Bertz CT molecular complexity index is 547. The first-order chi connectivity index (χ1) is 8.66. The van der Waals surface area contributed by atoms with Gasteiger partial charge in [0.25, 0.3) is 5.91 Å². The van der Waals surface area contributed by atoms with E-state index in [1.54, 1.807) is 17.5 Å². The van der Waals surface area contributed by atoms with E-state index in [2.05, 4.69) is 20.5 Å². The van der Waals surface area contributed by atoms with Crippen molar-refractivity contribution in [2.75, 3.05) is 6.54 Å². The summed E-state index contributed by atoms with van der Waals surface area (Å²) in [5.41, 5.74) is 0.218. The maximum atomic E-state index is 11.8. The van der Waals surface area contributed by atoms with E-state index in [0.717, 1.165) is 5.01 Å². The molecular weight excluding hydrogens is 295 g/mol. The van der Waals surface area contributed by atoms with Crippen molar-refractivity contribution in [2.24, 2.45) is 0 Å². The molecule has 8 heteroatoms. The van der Waals surface area contributed by atoms with Gasteiger partial charge in [0.05, 0.1) is 10.6 Å². The molecule has 0 saturated heterocycles. The lowest BCUT2D eigenvalue weighted by atomic mass is 10.3. The van der Waals surface area contributed by atoms with Gasteiger partial charge in [-0.2, -0.15) is 0 Å². The normalized spacial score (nSPS) is 10.3. The highest BCUT2D eigenvalue weighted by Crippen LogP contribution is 2.15. The maximum Gasteiger partial charge on any atom is 0.254 e. The summed E-state index contributed by atoms with van der Waals surface area (Å²) in [5, 5.41) is 12.8. The van der Waals surface area contributed by atoms with Gasteiger partial charge in [-0.1, -0.05) is 23.2 Å². The second-order valence-electron chi connectivity index (χ2n) is 3.30. The fraction of sp³-hybridized carbons (Fsp3) is 0.200. The van der Waals surface area contributed by atoms with Gasteiger partial charge in [-0.25, -0.2) is 4.98 Å². The van der Waals surface area contributed by atoms with Crippen molar-refractivity contribution < 1.29 is 4.79 Å². The molecule has 0 spiro atoms. The smallest absolute Gasteiger partial charge is 0.254 e. The molecule has 1 amide bonds. The molecule has 18 heavy (non-hydrogen) atoms. The molecule has 0 aliphatic rings. The van der Waals surface area contributed by atoms with Crippen LogP contribution in [0.15, 0.2) is 17.6 Å². The number of hydrogen-bond donors (Lipinski definition) is 1. The highest BCUT2D eigenvalue weighted by atomic mass is 35.5. The molecule has 0 aromatic carbocycles. The molecule has 2 aromatic rings. The standard InChI is InChI=1S/C10H8Cl2N4OS/c11-7-5-6(9(12)16-15-7)10(17)14-2-1-8-13-3-4-18-8/h3-5H,1-2H2,(H,14,17). The molecule has 5 nitrogen and oxygen atoms in total. The number of rotatable bonds is 4. The first-order valence-corrected chi connectivity index (χ1v) is 6.65. The minimum absolute atomic E-state index is 0.0335. The Morgan fingerprint density at radius 2 is 2.22 bits per heavy atom. The second kappa shape index (κ2) is 6.08. The number of aromatic nitrogens is 3. The fourth-order valence-corrected chi connectivity index (χ4v) is 2.21. The zero-order valence-corrected chi connectivity index (χ0v) is 11.4. The number of carbonyl (C=O) groups is 1. The van der Waals surface area contributed by atoms with Crippen LogP contribution in [0.5, 0.6) is 0 Å². The van der Waals surface area contributed by atoms with Crippen LogP contribution in [-0.4, -0.2) is 27.6 Å². The van der Waals surface area contributed by atoms with Crippen LogP contribution in [-0.2, 0) is 6.42 Å². The first kappa shape index (κ1) is 13.2. The molecule has 2 heterocycles. The third-order valence-corrected chi connectivity index (χ3v) is 3.37. The van der Waals surface area contributed by atoms with Gasteiger partial charge < -0.3 is 5.32 Å². The summed E-state index contributed by atoms with van der Waals surface area (Å²) in [6.45, 7) is 0.475. The van der Waals surface area contributed by atoms with Crippen LogP contribution < -0.4 is 5.32 Å². The van der Waals surface area contributed by atoms with Crippen LogP contribution in [0.25, 0.3) is 0 Å². The molecule has 2 aromatic heterocycles. The Labute approximate surface area is 117 Å². The Kier molecular flexibility index (Phi) is 4.46. The van der Waals surface area contributed by atoms with Crippen LogP contribution >= 0.6 is 34.5 Å². The van der Waals surface area contributed by atoms with Crippen molar-refractivity contribution in [3.8, 4) is 0 Å². The second-order valence-corrected chi connectivity index (χ2v) is 5.03. The van der Waals surface area contributed by atoms with E-state index in [9.17, 15) is 4.79 Å². The number of amides is 1. The number of thiazole rings is 1. The van der Waals surface area contributed by atoms with Gasteiger partial charge >= 0.3 is 0 Å². The van der Waals surface area contributed by atoms with E-state index in [1.807, 2.05) is 5.38 Å². The van der Waals surface area contributed by atoms with E-state index in [4.69, 9.17) is 23.2 Å². The molecule has 0 fully saturated rings. The summed E-state index contributed by atoms with van der Waals surface area (Å²) in [4.78, 5) is 15.9. The zero-order valence-electron chi connectivity index (χ0n) is 9.06. The summed E-state index contributed by atoms with van der Waals surface area (Å²) >= 11 is 13.0. The van der Waals surface area contributed by atoms with Gasteiger partial charge in [-0.15, -0.1) is 21.5 Å². The topological polar surface area (TPSA) is 67.8 Å². The number of carbonyl (C=O) groups excluding carboxylic acids is 1. The number of hydrogen-bond acceptors (Lipinski definition) is 5. The van der Waals surface area contributed by atoms with Crippen molar-refractivity contribution in [1.29, 1.82) is 0 Å². The maximum absolute atomic E-state index is 11.8. The van der Waals surface area contributed by atoms with Crippen molar-refractivity contribution >= 4 is 40.4 Å². The molecule has 0 saturated carbocycles.